The summed E-state index contributed by atoms with van der Waals surface area (Å²) >= 11 is 0. The Balaban J connectivity index is 1.92. The summed E-state index contributed by atoms with van der Waals surface area (Å²) in [4.78, 5) is 13.8. The molecule has 1 heterocycles. The van der Waals surface area contributed by atoms with Crippen LogP contribution in [0.2, 0.25) is 0 Å². The summed E-state index contributed by atoms with van der Waals surface area (Å²) in [6.45, 7) is 3.22. The summed E-state index contributed by atoms with van der Waals surface area (Å²) in [6.07, 6.45) is 3.41. The van der Waals surface area contributed by atoms with E-state index >= 15 is 0 Å². The van der Waals surface area contributed by atoms with Crippen molar-refractivity contribution in [1.82, 2.24) is 10.2 Å². The van der Waals surface area contributed by atoms with Gasteiger partial charge in [-0.3, -0.25) is 4.79 Å². The number of rotatable bonds is 2. The molecule has 0 aromatic carbocycles. The number of nitrogens with one attached hydrogen (secondary N) is 1. The van der Waals surface area contributed by atoms with Gasteiger partial charge in [-0.15, -0.1) is 0 Å². The highest BCUT2D eigenvalue weighted by Crippen LogP contribution is 2.33. The molecule has 1 amide bonds. The Morgan fingerprint density at radius 2 is 2.15 bits per heavy atom. The van der Waals surface area contributed by atoms with Gasteiger partial charge in [0.15, 0.2) is 0 Å². The van der Waals surface area contributed by atoms with Crippen LogP contribution in [0.1, 0.15) is 26.2 Å². The summed E-state index contributed by atoms with van der Waals surface area (Å²) in [5, 5.41) is 3.07. The first-order chi connectivity index (χ1) is 6.22. The lowest BCUT2D eigenvalue weighted by Gasteiger charge is -2.39. The molecule has 2 aliphatic rings. The molecule has 1 atom stereocenters. The number of hydrogen-bond donors (Lipinski definition) is 1. The molecular weight excluding hydrogens is 164 g/mol. The number of nitrogens with zero attached hydrogens (tertiary/aromatic N) is 1. The van der Waals surface area contributed by atoms with Gasteiger partial charge < -0.3 is 10.2 Å². The fourth-order valence-corrected chi connectivity index (χ4v) is 2.45. The first-order valence-electron chi connectivity index (χ1n) is 5.20. The molecule has 13 heavy (non-hydrogen) atoms. The molecule has 74 valence electrons. The minimum Gasteiger partial charge on any atom is -0.338 e. The van der Waals surface area contributed by atoms with Gasteiger partial charge in [-0.2, -0.15) is 0 Å². The first kappa shape index (κ1) is 9.00. The van der Waals surface area contributed by atoms with Gasteiger partial charge in [-0.05, 0) is 32.2 Å². The molecule has 2 fully saturated rings. The third-order valence-electron chi connectivity index (χ3n) is 3.38. The number of hydrogen-bond acceptors (Lipinski definition) is 2. The first-order valence-corrected chi connectivity index (χ1v) is 5.20. The van der Waals surface area contributed by atoms with E-state index in [-0.39, 0.29) is 6.04 Å². The number of likely N-dealkylation sites (N-methyl/N-ethyl adjacent to an activating group) is 1. The highest BCUT2D eigenvalue weighted by atomic mass is 16.2. The molecule has 0 bridgehead atoms. The van der Waals surface area contributed by atoms with E-state index in [2.05, 4.69) is 17.1 Å². The summed E-state index contributed by atoms with van der Waals surface area (Å²) < 4.78 is 0. The molecule has 0 aromatic heterocycles. The van der Waals surface area contributed by atoms with Crippen molar-refractivity contribution >= 4 is 5.91 Å². The molecule has 1 unspecified atom stereocenters. The van der Waals surface area contributed by atoms with E-state index in [1.807, 2.05) is 7.05 Å². The zero-order valence-corrected chi connectivity index (χ0v) is 8.42. The Labute approximate surface area is 79.5 Å². The Morgan fingerprint density at radius 1 is 1.46 bits per heavy atom. The average molecular weight is 182 g/mol. The number of carbonyl (C=O) groups is 1. The van der Waals surface area contributed by atoms with Crippen LogP contribution in [0.5, 0.6) is 0 Å². The predicted octanol–water partition coefficient (Wildman–Crippen LogP) is 0.605. The molecule has 0 aromatic rings. The Morgan fingerprint density at radius 3 is 2.62 bits per heavy atom. The van der Waals surface area contributed by atoms with Crippen molar-refractivity contribution in [3.8, 4) is 0 Å². The van der Waals surface area contributed by atoms with Crippen molar-refractivity contribution in [2.45, 2.75) is 38.3 Å². The zero-order chi connectivity index (χ0) is 9.42. The van der Waals surface area contributed by atoms with Gasteiger partial charge in [-0.25, -0.2) is 0 Å². The maximum absolute atomic E-state index is 11.7. The van der Waals surface area contributed by atoms with Gasteiger partial charge in [0.25, 0.3) is 0 Å². The van der Waals surface area contributed by atoms with E-state index in [0.717, 1.165) is 18.9 Å². The van der Waals surface area contributed by atoms with Crippen LogP contribution in [-0.2, 0) is 4.79 Å². The number of amides is 1. The van der Waals surface area contributed by atoms with Crippen LogP contribution in [0, 0.1) is 5.92 Å². The lowest BCUT2D eigenvalue weighted by Crippen LogP contribution is -2.47. The van der Waals surface area contributed by atoms with E-state index in [9.17, 15) is 4.79 Å². The molecule has 3 nitrogen and oxygen atoms in total. The largest absolute Gasteiger partial charge is 0.338 e. The molecule has 1 N–H and O–H groups in total. The van der Waals surface area contributed by atoms with E-state index in [1.165, 1.54) is 12.8 Å². The molecule has 1 saturated heterocycles. The molecule has 1 aliphatic heterocycles. The van der Waals surface area contributed by atoms with Crippen molar-refractivity contribution in [3.05, 3.63) is 0 Å². The standard InChI is InChI=1S/C10H18N2O/c1-7-5-8(6-7)12-4-3-9(11-2)10(12)13/h7-9,11H,3-6H2,1-2H3. The minimum atomic E-state index is 0.0934. The third-order valence-corrected chi connectivity index (χ3v) is 3.38. The molecule has 3 heteroatoms. The summed E-state index contributed by atoms with van der Waals surface area (Å²) in [6, 6.07) is 0.650. The van der Waals surface area contributed by atoms with Crippen LogP contribution >= 0.6 is 0 Å². The lowest BCUT2D eigenvalue weighted by molar-refractivity contribution is -0.133. The van der Waals surface area contributed by atoms with E-state index in [4.69, 9.17) is 0 Å². The maximum atomic E-state index is 11.7. The number of likely N-dealkylation sites (tertiary alicyclic amines) is 1. The van der Waals surface area contributed by atoms with Gasteiger partial charge in [-0.1, -0.05) is 6.92 Å². The lowest BCUT2D eigenvalue weighted by atomic mass is 9.81. The maximum Gasteiger partial charge on any atom is 0.240 e. The number of carbonyl (C=O) groups excluding carboxylic acids is 1. The van der Waals surface area contributed by atoms with Crippen molar-refractivity contribution in [1.29, 1.82) is 0 Å². The van der Waals surface area contributed by atoms with Crippen LogP contribution in [0.3, 0.4) is 0 Å². The van der Waals surface area contributed by atoms with E-state index in [0.29, 0.717) is 11.9 Å². The molecular formula is C10H18N2O. The highest BCUT2D eigenvalue weighted by molar-refractivity contribution is 5.84. The van der Waals surface area contributed by atoms with Crippen molar-refractivity contribution in [3.63, 3.8) is 0 Å². The van der Waals surface area contributed by atoms with Crippen LogP contribution in [0.15, 0.2) is 0 Å². The smallest absolute Gasteiger partial charge is 0.240 e. The highest BCUT2D eigenvalue weighted by Gasteiger charge is 2.39. The average Bonchev–Trinajstić information content (AvgIpc) is 2.41. The van der Waals surface area contributed by atoms with Gasteiger partial charge in [0.05, 0.1) is 6.04 Å². The summed E-state index contributed by atoms with van der Waals surface area (Å²) in [5.74, 6) is 1.14. The molecule has 2 rings (SSSR count). The summed E-state index contributed by atoms with van der Waals surface area (Å²) in [5.41, 5.74) is 0. The topological polar surface area (TPSA) is 32.3 Å². The second-order valence-electron chi connectivity index (χ2n) is 4.39. The van der Waals surface area contributed by atoms with Crippen molar-refractivity contribution < 1.29 is 4.79 Å². The fourth-order valence-electron chi connectivity index (χ4n) is 2.45. The second kappa shape index (κ2) is 3.29. The van der Waals surface area contributed by atoms with Crippen LogP contribution in [0.25, 0.3) is 0 Å². The normalized spacial score (nSPS) is 39.4. The monoisotopic (exact) mass is 182 g/mol. The minimum absolute atomic E-state index is 0.0934. The van der Waals surface area contributed by atoms with Crippen LogP contribution in [0.4, 0.5) is 0 Å². The van der Waals surface area contributed by atoms with Gasteiger partial charge in [0, 0.05) is 12.6 Å². The predicted molar refractivity (Wildman–Crippen MR) is 51.4 cm³/mol. The molecule has 0 radical (unpaired) electrons. The van der Waals surface area contributed by atoms with Crippen molar-refractivity contribution in [2.75, 3.05) is 13.6 Å². The van der Waals surface area contributed by atoms with Gasteiger partial charge >= 0.3 is 0 Å². The fraction of sp³-hybridized carbons (Fsp3) is 0.900. The van der Waals surface area contributed by atoms with Crippen LogP contribution < -0.4 is 5.32 Å². The van der Waals surface area contributed by atoms with Crippen molar-refractivity contribution in [2.24, 2.45) is 5.92 Å². The second-order valence-corrected chi connectivity index (χ2v) is 4.39. The van der Waals surface area contributed by atoms with Gasteiger partial charge in [0.1, 0.15) is 0 Å². The SMILES string of the molecule is CNC1CCN(C2CC(C)C2)C1=O. The molecule has 1 aliphatic carbocycles. The van der Waals surface area contributed by atoms with E-state index in [1.54, 1.807) is 0 Å². The Hall–Kier alpha value is -0.570. The summed E-state index contributed by atoms with van der Waals surface area (Å²) in [7, 11) is 1.87. The zero-order valence-electron chi connectivity index (χ0n) is 8.42. The van der Waals surface area contributed by atoms with E-state index < -0.39 is 0 Å². The molecule has 0 spiro atoms. The molecule has 1 saturated carbocycles. The Bertz CT molecular complexity index is 211. The van der Waals surface area contributed by atoms with Crippen LogP contribution in [-0.4, -0.2) is 36.5 Å². The quantitative estimate of drug-likeness (QED) is 0.678. The van der Waals surface area contributed by atoms with Gasteiger partial charge in [0.2, 0.25) is 5.91 Å². The Kier molecular flexibility index (Phi) is 2.28. The third kappa shape index (κ3) is 1.46.